The number of carboxylic acid groups (broad SMARTS) is 1. The molecule has 0 bridgehead atoms. The number of hydrogen-bond donors (Lipinski definition) is 1. The van der Waals surface area contributed by atoms with Gasteiger partial charge >= 0.3 is 5.97 Å². The van der Waals surface area contributed by atoms with Crippen LogP contribution in [0.25, 0.3) is 0 Å². The highest BCUT2D eigenvalue weighted by Crippen LogP contribution is 2.45. The fourth-order valence-corrected chi connectivity index (χ4v) is 5.34. The second-order valence-electron chi connectivity index (χ2n) is 5.68. The van der Waals surface area contributed by atoms with E-state index in [-0.39, 0.29) is 10.9 Å². The molecule has 1 fully saturated rings. The molecule has 2 unspecified atom stereocenters. The van der Waals surface area contributed by atoms with Gasteiger partial charge in [-0.3, -0.25) is 4.79 Å². The van der Waals surface area contributed by atoms with Gasteiger partial charge in [0, 0.05) is 16.2 Å². The van der Waals surface area contributed by atoms with E-state index in [1.54, 1.807) is 0 Å². The summed E-state index contributed by atoms with van der Waals surface area (Å²) in [5, 5.41) is 11.2. The van der Waals surface area contributed by atoms with Crippen molar-refractivity contribution >= 4 is 35.0 Å². The normalized spacial score (nSPS) is 19.0. The lowest BCUT2D eigenvalue weighted by atomic mass is 10.1. The van der Waals surface area contributed by atoms with Gasteiger partial charge < -0.3 is 24.2 Å². The summed E-state index contributed by atoms with van der Waals surface area (Å²) in [6.45, 7) is 0. The Morgan fingerprint density at radius 3 is 2.30 bits per heavy atom. The van der Waals surface area contributed by atoms with Crippen molar-refractivity contribution in [3.63, 3.8) is 0 Å². The van der Waals surface area contributed by atoms with Crippen LogP contribution < -0.4 is 14.2 Å². The maximum atomic E-state index is 13.3. The average molecular weight is 409 g/mol. The van der Waals surface area contributed by atoms with Crippen molar-refractivity contribution < 1.29 is 28.9 Å². The van der Waals surface area contributed by atoms with E-state index in [1.807, 2.05) is 17.5 Å². The van der Waals surface area contributed by atoms with Crippen LogP contribution in [0, 0.1) is 0 Å². The van der Waals surface area contributed by atoms with Gasteiger partial charge in [-0.2, -0.15) is 0 Å². The Morgan fingerprint density at radius 1 is 1.15 bits per heavy atom. The zero-order valence-corrected chi connectivity index (χ0v) is 16.6. The van der Waals surface area contributed by atoms with Crippen molar-refractivity contribution in [2.24, 2.45) is 0 Å². The van der Waals surface area contributed by atoms with E-state index < -0.39 is 17.9 Å². The van der Waals surface area contributed by atoms with Gasteiger partial charge in [-0.1, -0.05) is 6.07 Å². The Balaban J connectivity index is 2.04. The van der Waals surface area contributed by atoms with Crippen LogP contribution in [-0.2, 0) is 4.79 Å². The molecule has 9 heteroatoms. The summed E-state index contributed by atoms with van der Waals surface area (Å²) in [4.78, 5) is 27.4. The molecule has 1 N–H and O–H groups in total. The number of carbonyl (C=O) groups is 2. The highest BCUT2D eigenvalue weighted by molar-refractivity contribution is 7.99. The summed E-state index contributed by atoms with van der Waals surface area (Å²) in [7, 11) is 4.41. The smallest absolute Gasteiger partial charge is 0.327 e. The Hall–Kier alpha value is -2.39. The predicted molar refractivity (Wildman–Crippen MR) is 103 cm³/mol. The summed E-state index contributed by atoms with van der Waals surface area (Å²) < 4.78 is 15.9. The average Bonchev–Trinajstić information content (AvgIpc) is 3.35. The molecule has 1 aliphatic heterocycles. The van der Waals surface area contributed by atoms with Crippen LogP contribution in [0.3, 0.4) is 0 Å². The van der Waals surface area contributed by atoms with Crippen molar-refractivity contribution in [2.75, 3.05) is 27.1 Å². The molecule has 2 heterocycles. The second-order valence-corrected chi connectivity index (χ2v) is 7.77. The second kappa shape index (κ2) is 8.10. The summed E-state index contributed by atoms with van der Waals surface area (Å²) in [6.07, 6.45) is 0. The Kier molecular flexibility index (Phi) is 5.81. The number of thiophene rings is 1. The number of thioether (sulfide) groups is 1. The highest BCUT2D eigenvalue weighted by atomic mass is 32.2. The number of hydrogen-bond acceptors (Lipinski definition) is 7. The molecule has 1 aliphatic rings. The molecule has 2 atom stereocenters. The maximum absolute atomic E-state index is 13.3. The van der Waals surface area contributed by atoms with Crippen LogP contribution in [0.1, 0.15) is 20.6 Å². The van der Waals surface area contributed by atoms with Crippen LogP contribution in [0.4, 0.5) is 0 Å². The van der Waals surface area contributed by atoms with Crippen LogP contribution in [-0.4, -0.2) is 55.0 Å². The molecule has 144 valence electrons. The first-order valence-electron chi connectivity index (χ1n) is 8.02. The van der Waals surface area contributed by atoms with E-state index in [1.165, 1.54) is 61.5 Å². The molecule has 1 aromatic heterocycles. The molecule has 7 nitrogen and oxygen atoms in total. The minimum atomic E-state index is -1.03. The molecular formula is C18H19NO6S2. The molecule has 1 amide bonds. The number of benzene rings is 1. The molecular weight excluding hydrogens is 390 g/mol. The van der Waals surface area contributed by atoms with Gasteiger partial charge in [-0.25, -0.2) is 4.79 Å². The largest absolute Gasteiger partial charge is 0.493 e. The fourth-order valence-electron chi connectivity index (χ4n) is 2.95. The van der Waals surface area contributed by atoms with Crippen molar-refractivity contribution in [2.45, 2.75) is 11.4 Å². The summed E-state index contributed by atoms with van der Waals surface area (Å²) in [5.41, 5.74) is 0.278. The van der Waals surface area contributed by atoms with E-state index in [2.05, 4.69) is 0 Å². The van der Waals surface area contributed by atoms with Gasteiger partial charge in [0.25, 0.3) is 5.91 Å². The minimum Gasteiger partial charge on any atom is -0.493 e. The molecule has 0 saturated carbocycles. The third-order valence-electron chi connectivity index (χ3n) is 4.22. The van der Waals surface area contributed by atoms with Gasteiger partial charge in [0.05, 0.1) is 21.3 Å². The lowest BCUT2D eigenvalue weighted by molar-refractivity contribution is -0.141. The summed E-state index contributed by atoms with van der Waals surface area (Å²) >= 11 is 2.94. The first-order chi connectivity index (χ1) is 13.0. The maximum Gasteiger partial charge on any atom is 0.327 e. The Labute approximate surface area is 164 Å². The number of ether oxygens (including phenoxy) is 3. The monoisotopic (exact) mass is 409 g/mol. The Bertz CT molecular complexity index is 813. The van der Waals surface area contributed by atoms with Crippen molar-refractivity contribution in [1.29, 1.82) is 0 Å². The van der Waals surface area contributed by atoms with Gasteiger partial charge in [0.2, 0.25) is 5.75 Å². The molecule has 0 aliphatic carbocycles. The van der Waals surface area contributed by atoms with Gasteiger partial charge in [-0.05, 0) is 23.6 Å². The zero-order valence-electron chi connectivity index (χ0n) is 15.0. The van der Waals surface area contributed by atoms with Gasteiger partial charge in [0.15, 0.2) is 11.5 Å². The standard InChI is InChI=1S/C18H19NO6S2/c1-23-12-7-10(8-13(24-2)15(12)25-3)16(20)19-11(18(21)22)9-27-17(19)14-5-4-6-26-14/h4-8,11,17H,9H2,1-3H3,(H,21,22). The van der Waals surface area contributed by atoms with E-state index in [0.29, 0.717) is 23.0 Å². The molecule has 1 saturated heterocycles. The van der Waals surface area contributed by atoms with Gasteiger partial charge in [-0.15, -0.1) is 23.1 Å². The first-order valence-corrected chi connectivity index (χ1v) is 9.95. The highest BCUT2D eigenvalue weighted by Gasteiger charge is 2.43. The van der Waals surface area contributed by atoms with Crippen LogP contribution in [0.2, 0.25) is 0 Å². The van der Waals surface area contributed by atoms with Crippen LogP contribution >= 0.6 is 23.1 Å². The number of amides is 1. The topological polar surface area (TPSA) is 85.3 Å². The molecule has 0 radical (unpaired) electrons. The van der Waals surface area contributed by atoms with E-state index in [9.17, 15) is 14.7 Å². The molecule has 3 rings (SSSR count). The third-order valence-corrected chi connectivity index (χ3v) is 6.60. The number of aliphatic carboxylic acids is 1. The summed E-state index contributed by atoms with van der Waals surface area (Å²) in [5.74, 6) is -0.0452. The van der Waals surface area contributed by atoms with Crippen molar-refractivity contribution in [3.8, 4) is 17.2 Å². The van der Waals surface area contributed by atoms with E-state index in [0.717, 1.165) is 4.88 Å². The Morgan fingerprint density at radius 2 is 1.81 bits per heavy atom. The number of rotatable bonds is 6. The zero-order chi connectivity index (χ0) is 19.6. The quantitative estimate of drug-likeness (QED) is 0.785. The van der Waals surface area contributed by atoms with E-state index >= 15 is 0 Å². The van der Waals surface area contributed by atoms with Crippen molar-refractivity contribution in [1.82, 2.24) is 4.90 Å². The number of methoxy groups -OCH3 is 3. The number of carbonyl (C=O) groups excluding carboxylic acids is 1. The lowest BCUT2D eigenvalue weighted by Gasteiger charge is -2.27. The van der Waals surface area contributed by atoms with Crippen LogP contribution in [0.5, 0.6) is 17.2 Å². The summed E-state index contributed by atoms with van der Waals surface area (Å²) in [6, 6.07) is 5.96. The van der Waals surface area contributed by atoms with Gasteiger partial charge in [0.1, 0.15) is 11.4 Å². The predicted octanol–water partition coefficient (Wildman–Crippen LogP) is 3.11. The third kappa shape index (κ3) is 3.57. The first kappa shape index (κ1) is 19.4. The SMILES string of the molecule is COc1cc(C(=O)N2C(C(=O)O)CSC2c2cccs2)cc(OC)c1OC. The van der Waals surface area contributed by atoms with Crippen molar-refractivity contribution in [3.05, 3.63) is 40.1 Å². The number of nitrogens with zero attached hydrogens (tertiary/aromatic N) is 1. The van der Waals surface area contributed by atoms with E-state index in [4.69, 9.17) is 14.2 Å². The molecule has 27 heavy (non-hydrogen) atoms. The molecule has 2 aromatic rings. The van der Waals surface area contributed by atoms with Crippen LogP contribution in [0.15, 0.2) is 29.6 Å². The molecule has 0 spiro atoms. The number of carboxylic acids is 1. The fraction of sp³-hybridized carbons (Fsp3) is 0.333. The minimum absolute atomic E-state index is 0.278. The lowest BCUT2D eigenvalue weighted by Crippen LogP contribution is -2.42. The molecule has 1 aromatic carbocycles.